The van der Waals surface area contributed by atoms with Crippen LogP contribution in [0.25, 0.3) is 0 Å². The van der Waals surface area contributed by atoms with Crippen LogP contribution in [-0.2, 0) is 21.8 Å². The van der Waals surface area contributed by atoms with Crippen LogP contribution in [0.5, 0.6) is 5.88 Å². The van der Waals surface area contributed by atoms with Crippen molar-refractivity contribution in [3.05, 3.63) is 77.3 Å². The van der Waals surface area contributed by atoms with E-state index < -0.39 is 33.3 Å². The van der Waals surface area contributed by atoms with E-state index in [0.717, 1.165) is 18.2 Å². The molecule has 4 rings (SSSR count). The Morgan fingerprint density at radius 2 is 1.87 bits per heavy atom. The molecule has 3 atom stereocenters. The fraction of sp³-hybridized carbons (Fsp3) is 0.423. The smallest absolute Gasteiger partial charge is 0.416 e. The van der Waals surface area contributed by atoms with E-state index in [1.807, 2.05) is 19.0 Å². The minimum absolute atomic E-state index is 0.0531. The number of hydrogen-bond acceptors (Lipinski definition) is 7. The standard InChI is InChI=1S/C26H28F4N4O3S/c1-16-24(38(35,36)14-19-10-11-31-15-32-19)8-9-25(33-16)37-23-7-4-17(12-22(23)34(2)3)20-13-18(26(28,29)30)5-6-21(20)27/h5-6,8-11,13,15,17,22-23H,4,7,12,14H2,1-3H3/t17-,22-,23-/m0/s1. The molecule has 2 heterocycles. The molecule has 0 aliphatic heterocycles. The molecule has 0 saturated heterocycles. The van der Waals surface area contributed by atoms with Gasteiger partial charge < -0.3 is 9.64 Å². The summed E-state index contributed by atoms with van der Waals surface area (Å²) in [5.74, 6) is -1.12. The lowest BCUT2D eigenvalue weighted by Crippen LogP contribution is -2.46. The van der Waals surface area contributed by atoms with Crippen LogP contribution in [0.1, 0.15) is 47.7 Å². The molecule has 1 aliphatic carbocycles. The number of alkyl halides is 3. The van der Waals surface area contributed by atoms with Gasteiger partial charge >= 0.3 is 6.18 Å². The number of halogens is 4. The molecule has 1 aliphatic rings. The maximum absolute atomic E-state index is 14.6. The van der Waals surface area contributed by atoms with Crippen molar-refractivity contribution in [2.45, 2.75) is 61.1 Å². The molecule has 1 saturated carbocycles. The lowest BCUT2D eigenvalue weighted by Gasteiger charge is -2.39. The number of aryl methyl sites for hydroxylation is 1. The van der Waals surface area contributed by atoms with Gasteiger partial charge in [-0.25, -0.2) is 27.8 Å². The van der Waals surface area contributed by atoms with Gasteiger partial charge in [-0.2, -0.15) is 13.2 Å². The van der Waals surface area contributed by atoms with Crippen molar-refractivity contribution in [1.82, 2.24) is 19.9 Å². The summed E-state index contributed by atoms with van der Waals surface area (Å²) < 4.78 is 86.2. The Morgan fingerprint density at radius 1 is 1.11 bits per heavy atom. The molecule has 0 N–H and O–H groups in total. The fourth-order valence-electron chi connectivity index (χ4n) is 4.87. The maximum atomic E-state index is 14.6. The predicted octanol–water partition coefficient (Wildman–Crippen LogP) is 4.96. The number of ether oxygens (including phenoxy) is 1. The molecule has 38 heavy (non-hydrogen) atoms. The Kier molecular flexibility index (Phi) is 8.03. The Morgan fingerprint density at radius 3 is 2.50 bits per heavy atom. The number of nitrogens with zero attached hydrogens (tertiary/aromatic N) is 4. The summed E-state index contributed by atoms with van der Waals surface area (Å²) in [6, 6.07) is 6.76. The van der Waals surface area contributed by atoms with Crippen molar-refractivity contribution >= 4 is 9.84 Å². The predicted molar refractivity (Wildman–Crippen MR) is 132 cm³/mol. The molecule has 1 aromatic carbocycles. The lowest BCUT2D eigenvalue weighted by molar-refractivity contribution is -0.137. The SMILES string of the molecule is Cc1nc(O[C@H]2CC[C@H](c3cc(C(F)(F)F)ccc3F)C[C@@H]2N(C)C)ccc1S(=O)(=O)Cc1ccncn1. The van der Waals surface area contributed by atoms with Crippen LogP contribution in [0.2, 0.25) is 0 Å². The van der Waals surface area contributed by atoms with Gasteiger partial charge in [0.05, 0.1) is 27.6 Å². The molecular weight excluding hydrogens is 524 g/mol. The maximum Gasteiger partial charge on any atom is 0.416 e. The van der Waals surface area contributed by atoms with Crippen molar-refractivity contribution in [2.24, 2.45) is 0 Å². The highest BCUT2D eigenvalue weighted by molar-refractivity contribution is 7.90. The van der Waals surface area contributed by atoms with Gasteiger partial charge in [0.25, 0.3) is 0 Å². The van der Waals surface area contributed by atoms with Crippen molar-refractivity contribution in [2.75, 3.05) is 14.1 Å². The van der Waals surface area contributed by atoms with Crippen LogP contribution in [0.4, 0.5) is 17.6 Å². The molecular formula is C26H28F4N4O3S. The van der Waals surface area contributed by atoms with Gasteiger partial charge in [0.15, 0.2) is 9.84 Å². The topological polar surface area (TPSA) is 85.3 Å². The molecule has 3 aromatic rings. The third-order valence-electron chi connectivity index (χ3n) is 6.78. The molecule has 1 fully saturated rings. The van der Waals surface area contributed by atoms with Crippen molar-refractivity contribution in [3.8, 4) is 5.88 Å². The first-order valence-electron chi connectivity index (χ1n) is 12.0. The fourth-order valence-corrected chi connectivity index (χ4v) is 6.35. The molecule has 0 unspecified atom stereocenters. The number of pyridine rings is 1. The van der Waals surface area contributed by atoms with E-state index in [9.17, 15) is 26.0 Å². The molecule has 2 aromatic heterocycles. The van der Waals surface area contributed by atoms with E-state index in [-0.39, 0.29) is 39.9 Å². The highest BCUT2D eigenvalue weighted by atomic mass is 32.2. The summed E-state index contributed by atoms with van der Waals surface area (Å²) in [6.07, 6.45) is -0.899. The number of aromatic nitrogens is 3. The molecule has 12 heteroatoms. The van der Waals surface area contributed by atoms with E-state index in [1.165, 1.54) is 30.7 Å². The highest BCUT2D eigenvalue weighted by Crippen LogP contribution is 2.40. The zero-order valence-electron chi connectivity index (χ0n) is 21.1. The number of hydrogen-bond donors (Lipinski definition) is 0. The van der Waals surface area contributed by atoms with Crippen LogP contribution >= 0.6 is 0 Å². The second-order valence-corrected chi connectivity index (χ2v) is 11.6. The average Bonchev–Trinajstić information content (AvgIpc) is 2.84. The third-order valence-corrected chi connectivity index (χ3v) is 8.56. The summed E-state index contributed by atoms with van der Waals surface area (Å²) in [6.45, 7) is 1.58. The van der Waals surface area contributed by atoms with Crippen LogP contribution in [-0.4, -0.2) is 54.5 Å². The zero-order chi connectivity index (χ0) is 27.7. The first kappa shape index (κ1) is 27.9. The van der Waals surface area contributed by atoms with Crippen molar-refractivity contribution in [3.63, 3.8) is 0 Å². The van der Waals surface area contributed by atoms with E-state index in [0.29, 0.717) is 25.0 Å². The number of likely N-dealkylation sites (N-methyl/N-ethyl adjacent to an activating group) is 1. The third kappa shape index (κ3) is 6.29. The number of benzene rings is 1. The quantitative estimate of drug-likeness (QED) is 0.383. The Labute approximate surface area is 218 Å². The Balaban J connectivity index is 1.50. The summed E-state index contributed by atoms with van der Waals surface area (Å²) in [5, 5.41) is 0. The van der Waals surface area contributed by atoms with Gasteiger partial charge in [-0.3, -0.25) is 0 Å². The van der Waals surface area contributed by atoms with E-state index in [2.05, 4.69) is 15.0 Å². The molecule has 204 valence electrons. The molecule has 0 bridgehead atoms. The van der Waals surface area contributed by atoms with E-state index in [4.69, 9.17) is 4.74 Å². The van der Waals surface area contributed by atoms with Crippen LogP contribution in [0.3, 0.4) is 0 Å². The number of rotatable bonds is 7. The first-order chi connectivity index (χ1) is 17.8. The number of sulfone groups is 1. The zero-order valence-corrected chi connectivity index (χ0v) is 21.9. The van der Waals surface area contributed by atoms with Crippen LogP contribution in [0, 0.1) is 12.7 Å². The molecule has 0 amide bonds. The monoisotopic (exact) mass is 552 g/mol. The van der Waals surface area contributed by atoms with Gasteiger partial charge in [-0.15, -0.1) is 0 Å². The summed E-state index contributed by atoms with van der Waals surface area (Å²) >= 11 is 0. The average molecular weight is 553 g/mol. The minimum atomic E-state index is -4.55. The van der Waals surface area contributed by atoms with Gasteiger partial charge in [-0.1, -0.05) is 0 Å². The van der Waals surface area contributed by atoms with Gasteiger partial charge in [0.2, 0.25) is 5.88 Å². The summed E-state index contributed by atoms with van der Waals surface area (Å²) in [5.41, 5.74) is -0.180. The normalized spacial score (nSPS) is 20.5. The summed E-state index contributed by atoms with van der Waals surface area (Å²) in [7, 11) is -0.0528. The molecule has 0 radical (unpaired) electrons. The van der Waals surface area contributed by atoms with E-state index >= 15 is 0 Å². The highest BCUT2D eigenvalue weighted by Gasteiger charge is 2.37. The Bertz CT molecular complexity index is 1380. The second kappa shape index (κ2) is 10.9. The van der Waals surface area contributed by atoms with Crippen LogP contribution in [0.15, 0.2) is 53.8 Å². The largest absolute Gasteiger partial charge is 0.473 e. The lowest BCUT2D eigenvalue weighted by atomic mass is 9.78. The molecule has 7 nitrogen and oxygen atoms in total. The van der Waals surface area contributed by atoms with Gasteiger partial charge in [-0.05, 0) is 82.1 Å². The van der Waals surface area contributed by atoms with Gasteiger partial charge in [0.1, 0.15) is 18.2 Å². The van der Waals surface area contributed by atoms with E-state index in [1.54, 1.807) is 6.92 Å². The Hall–Kier alpha value is -3.12. The summed E-state index contributed by atoms with van der Waals surface area (Å²) in [4.78, 5) is 14.1. The van der Waals surface area contributed by atoms with Crippen LogP contribution < -0.4 is 4.74 Å². The first-order valence-corrected chi connectivity index (χ1v) is 13.7. The van der Waals surface area contributed by atoms with Crippen molar-refractivity contribution < 1.29 is 30.7 Å². The van der Waals surface area contributed by atoms with Crippen molar-refractivity contribution in [1.29, 1.82) is 0 Å². The molecule has 0 spiro atoms. The second-order valence-electron chi connectivity index (χ2n) is 9.62. The minimum Gasteiger partial charge on any atom is -0.473 e. The van der Waals surface area contributed by atoms with Gasteiger partial charge in [0, 0.05) is 18.3 Å².